The molecule has 0 radical (unpaired) electrons. The van der Waals surface area contributed by atoms with Gasteiger partial charge in [-0.3, -0.25) is 4.79 Å². The van der Waals surface area contributed by atoms with Crippen LogP contribution >= 0.6 is 0 Å². The van der Waals surface area contributed by atoms with Gasteiger partial charge in [0.05, 0.1) is 12.2 Å². The first-order valence-corrected chi connectivity index (χ1v) is 6.12. The molecule has 1 amide bonds. The van der Waals surface area contributed by atoms with E-state index in [-0.39, 0.29) is 11.7 Å². The van der Waals surface area contributed by atoms with Crippen molar-refractivity contribution in [3.8, 4) is 5.75 Å². The Kier molecular flexibility index (Phi) is 5.65. The van der Waals surface area contributed by atoms with Crippen LogP contribution in [0.2, 0.25) is 0 Å². The minimum absolute atomic E-state index is 0.0219. The van der Waals surface area contributed by atoms with Gasteiger partial charge in [-0.25, -0.2) is 0 Å². The Morgan fingerprint density at radius 2 is 2.06 bits per heavy atom. The molecule has 1 aromatic carbocycles. The van der Waals surface area contributed by atoms with Crippen LogP contribution in [0.3, 0.4) is 0 Å². The lowest BCUT2D eigenvalue weighted by Crippen LogP contribution is -2.36. The summed E-state index contributed by atoms with van der Waals surface area (Å²) in [5.41, 5.74) is 0.342. The number of aromatic hydroxyl groups is 1. The van der Waals surface area contributed by atoms with Gasteiger partial charge in [-0.05, 0) is 18.1 Å². The monoisotopic (exact) mass is 251 g/mol. The third kappa shape index (κ3) is 4.04. The highest BCUT2D eigenvalue weighted by Crippen LogP contribution is 2.18. The summed E-state index contributed by atoms with van der Waals surface area (Å²) in [4.78, 5) is 14.0. The minimum atomic E-state index is -0.154. The van der Waals surface area contributed by atoms with Crippen molar-refractivity contribution in [2.75, 3.05) is 26.8 Å². The van der Waals surface area contributed by atoms with Crippen molar-refractivity contribution in [1.29, 1.82) is 0 Å². The Hall–Kier alpha value is -1.55. The number of carbonyl (C=O) groups is 1. The molecule has 0 fully saturated rings. The third-order valence-corrected chi connectivity index (χ3v) is 2.57. The Balaban J connectivity index is 2.84. The molecule has 0 heterocycles. The number of hydrogen-bond acceptors (Lipinski definition) is 3. The van der Waals surface area contributed by atoms with Crippen molar-refractivity contribution in [2.45, 2.75) is 13.8 Å². The van der Waals surface area contributed by atoms with Gasteiger partial charge in [-0.2, -0.15) is 0 Å². The molecule has 4 nitrogen and oxygen atoms in total. The topological polar surface area (TPSA) is 49.8 Å². The summed E-state index contributed by atoms with van der Waals surface area (Å²) in [6.07, 6.45) is 0. The largest absolute Gasteiger partial charge is 0.507 e. The standard InChI is InChI=1S/C14H21NO3/c1-11(2)10-15(8-9-18-3)14(17)12-6-4-5-7-13(12)16/h4-7,11,16H,8-10H2,1-3H3. The quantitative estimate of drug-likeness (QED) is 0.842. The predicted octanol–water partition coefficient (Wildman–Crippen LogP) is 2.14. The highest BCUT2D eigenvalue weighted by molar-refractivity contribution is 5.96. The lowest BCUT2D eigenvalue weighted by molar-refractivity contribution is 0.0669. The van der Waals surface area contributed by atoms with Crippen molar-refractivity contribution >= 4 is 5.91 Å². The van der Waals surface area contributed by atoms with Gasteiger partial charge in [0.2, 0.25) is 0 Å². The molecule has 0 aromatic heterocycles. The molecule has 0 aliphatic heterocycles. The molecule has 0 saturated carbocycles. The van der Waals surface area contributed by atoms with Gasteiger partial charge in [0.25, 0.3) is 5.91 Å². The fourth-order valence-corrected chi connectivity index (χ4v) is 1.74. The second-order valence-electron chi connectivity index (χ2n) is 4.65. The highest BCUT2D eigenvalue weighted by Gasteiger charge is 2.19. The van der Waals surface area contributed by atoms with Gasteiger partial charge in [0.1, 0.15) is 5.75 Å². The van der Waals surface area contributed by atoms with Crippen molar-refractivity contribution in [3.63, 3.8) is 0 Å². The molecule has 18 heavy (non-hydrogen) atoms. The summed E-state index contributed by atoms with van der Waals surface area (Å²) in [6, 6.07) is 6.61. The van der Waals surface area contributed by atoms with Crippen LogP contribution < -0.4 is 0 Å². The van der Waals surface area contributed by atoms with Crippen LogP contribution in [0.4, 0.5) is 0 Å². The van der Waals surface area contributed by atoms with Crippen LogP contribution in [-0.2, 0) is 4.74 Å². The fraction of sp³-hybridized carbons (Fsp3) is 0.500. The molecule has 4 heteroatoms. The van der Waals surface area contributed by atoms with Gasteiger partial charge in [0, 0.05) is 20.2 Å². The van der Waals surface area contributed by atoms with Crippen molar-refractivity contribution < 1.29 is 14.6 Å². The van der Waals surface area contributed by atoms with Gasteiger partial charge in [-0.1, -0.05) is 26.0 Å². The first kappa shape index (κ1) is 14.5. The molecule has 0 aliphatic carbocycles. The number of para-hydroxylation sites is 1. The second kappa shape index (κ2) is 7.01. The number of carbonyl (C=O) groups excluding carboxylic acids is 1. The highest BCUT2D eigenvalue weighted by atomic mass is 16.5. The Labute approximate surface area is 108 Å². The van der Waals surface area contributed by atoms with Crippen LogP contribution in [0, 0.1) is 5.92 Å². The number of hydrogen-bond donors (Lipinski definition) is 1. The average molecular weight is 251 g/mol. The minimum Gasteiger partial charge on any atom is -0.507 e. The second-order valence-corrected chi connectivity index (χ2v) is 4.65. The summed E-state index contributed by atoms with van der Waals surface area (Å²) in [6.45, 7) is 5.78. The third-order valence-electron chi connectivity index (χ3n) is 2.57. The average Bonchev–Trinajstić information content (AvgIpc) is 2.34. The van der Waals surface area contributed by atoms with Gasteiger partial charge >= 0.3 is 0 Å². The van der Waals surface area contributed by atoms with Crippen LogP contribution in [0.15, 0.2) is 24.3 Å². The van der Waals surface area contributed by atoms with Crippen LogP contribution in [-0.4, -0.2) is 42.7 Å². The number of methoxy groups -OCH3 is 1. The molecule has 100 valence electrons. The van der Waals surface area contributed by atoms with Crippen LogP contribution in [0.1, 0.15) is 24.2 Å². The predicted molar refractivity (Wildman–Crippen MR) is 70.7 cm³/mol. The zero-order valence-corrected chi connectivity index (χ0v) is 11.2. The summed E-state index contributed by atoms with van der Waals surface area (Å²) in [5, 5.41) is 9.71. The van der Waals surface area contributed by atoms with Gasteiger partial charge < -0.3 is 14.7 Å². The van der Waals surface area contributed by atoms with E-state index in [0.717, 1.165) is 0 Å². The van der Waals surface area contributed by atoms with E-state index in [9.17, 15) is 9.90 Å². The Morgan fingerprint density at radius 3 is 2.61 bits per heavy atom. The fourth-order valence-electron chi connectivity index (χ4n) is 1.74. The number of amides is 1. The van der Waals surface area contributed by atoms with Crippen LogP contribution in [0.25, 0.3) is 0 Å². The molecule has 0 bridgehead atoms. The molecule has 0 saturated heterocycles. The zero-order valence-electron chi connectivity index (χ0n) is 11.2. The maximum absolute atomic E-state index is 12.3. The molecule has 1 aromatic rings. The van der Waals surface area contributed by atoms with E-state index in [0.29, 0.717) is 31.2 Å². The Morgan fingerprint density at radius 1 is 1.39 bits per heavy atom. The van der Waals surface area contributed by atoms with E-state index in [1.54, 1.807) is 30.2 Å². The zero-order chi connectivity index (χ0) is 13.5. The van der Waals surface area contributed by atoms with E-state index in [2.05, 4.69) is 13.8 Å². The molecular formula is C14H21NO3. The Bertz CT molecular complexity index is 390. The molecule has 0 aliphatic rings. The molecule has 0 spiro atoms. The molecule has 0 unspecified atom stereocenters. The maximum atomic E-state index is 12.3. The smallest absolute Gasteiger partial charge is 0.257 e. The lowest BCUT2D eigenvalue weighted by Gasteiger charge is -2.24. The number of phenolic OH excluding ortho intramolecular Hbond substituents is 1. The first-order chi connectivity index (χ1) is 8.56. The van der Waals surface area contributed by atoms with Crippen LogP contribution in [0.5, 0.6) is 5.75 Å². The van der Waals surface area contributed by atoms with Crippen molar-refractivity contribution in [2.24, 2.45) is 5.92 Å². The first-order valence-electron chi connectivity index (χ1n) is 6.12. The molecular weight excluding hydrogens is 230 g/mol. The summed E-state index contributed by atoms with van der Waals surface area (Å²) in [5.74, 6) is 0.240. The van der Waals surface area contributed by atoms with Crippen molar-refractivity contribution in [3.05, 3.63) is 29.8 Å². The lowest BCUT2D eigenvalue weighted by atomic mass is 10.1. The van der Waals surface area contributed by atoms with Crippen molar-refractivity contribution in [1.82, 2.24) is 4.90 Å². The van der Waals surface area contributed by atoms with E-state index < -0.39 is 0 Å². The number of rotatable bonds is 6. The van der Waals surface area contributed by atoms with Gasteiger partial charge in [0.15, 0.2) is 0 Å². The number of ether oxygens (including phenoxy) is 1. The van der Waals surface area contributed by atoms with E-state index >= 15 is 0 Å². The van der Waals surface area contributed by atoms with E-state index in [1.807, 2.05) is 0 Å². The number of phenols is 1. The molecule has 1 N–H and O–H groups in total. The maximum Gasteiger partial charge on any atom is 0.257 e. The summed E-state index contributed by atoms with van der Waals surface area (Å²) in [7, 11) is 1.61. The summed E-state index contributed by atoms with van der Waals surface area (Å²) < 4.78 is 5.01. The van der Waals surface area contributed by atoms with Gasteiger partial charge in [-0.15, -0.1) is 0 Å². The normalized spacial score (nSPS) is 10.7. The number of nitrogens with zero attached hydrogens (tertiary/aromatic N) is 1. The van der Waals surface area contributed by atoms with E-state index in [1.165, 1.54) is 6.07 Å². The number of benzene rings is 1. The summed E-state index contributed by atoms with van der Waals surface area (Å²) >= 11 is 0. The molecule has 0 atom stereocenters. The SMILES string of the molecule is COCCN(CC(C)C)C(=O)c1ccccc1O. The molecule has 1 rings (SSSR count). The van der Waals surface area contributed by atoms with E-state index in [4.69, 9.17) is 4.74 Å².